The number of benzene rings is 1. The van der Waals surface area contributed by atoms with E-state index in [9.17, 15) is 9.59 Å². The highest BCUT2D eigenvalue weighted by atomic mass is 79.9. The third-order valence-corrected chi connectivity index (χ3v) is 5.42. The molecule has 0 N–H and O–H groups in total. The van der Waals surface area contributed by atoms with E-state index in [1.54, 1.807) is 46.2 Å². The summed E-state index contributed by atoms with van der Waals surface area (Å²) in [6.45, 7) is 0.921. The Kier molecular flexibility index (Phi) is 5.50. The van der Waals surface area contributed by atoms with Gasteiger partial charge in [0.2, 0.25) is 0 Å². The van der Waals surface area contributed by atoms with E-state index in [0.29, 0.717) is 13.1 Å². The molecule has 1 aromatic carbocycles. The minimum Gasteiger partial charge on any atom is -0.336 e. The summed E-state index contributed by atoms with van der Waals surface area (Å²) >= 11 is 5.00. The first-order valence-electron chi connectivity index (χ1n) is 7.77. The molecule has 0 saturated carbocycles. The van der Waals surface area contributed by atoms with Crippen LogP contribution in [0.1, 0.15) is 20.8 Å². The first kappa shape index (κ1) is 17.6. The maximum Gasteiger partial charge on any atom is 0.263 e. The number of pyridine rings is 1. The molecule has 3 rings (SSSR count). The van der Waals surface area contributed by atoms with Crippen molar-refractivity contribution in [3.63, 3.8) is 0 Å². The highest BCUT2D eigenvalue weighted by Gasteiger charge is 2.17. The number of aromatic nitrogens is 1. The number of thiophene rings is 1. The first-order valence-corrected chi connectivity index (χ1v) is 9.38. The van der Waals surface area contributed by atoms with E-state index in [0.717, 1.165) is 14.2 Å². The van der Waals surface area contributed by atoms with Gasteiger partial charge in [-0.1, -0.05) is 30.3 Å². The third-order valence-electron chi connectivity index (χ3n) is 3.81. The minimum atomic E-state index is -0.268. The molecule has 6 heteroatoms. The molecule has 2 aromatic heterocycles. The van der Waals surface area contributed by atoms with Crippen LogP contribution in [0, 0.1) is 0 Å². The Morgan fingerprint density at radius 2 is 1.88 bits per heavy atom. The number of carbonyl (C=O) groups is 1. The normalized spacial score (nSPS) is 10.6. The molecule has 128 valence electrons. The second kappa shape index (κ2) is 7.80. The number of halogens is 1. The molecule has 25 heavy (non-hydrogen) atoms. The van der Waals surface area contributed by atoms with Gasteiger partial charge < -0.3 is 9.47 Å². The average Bonchev–Trinajstić information content (AvgIpc) is 3.02. The monoisotopic (exact) mass is 416 g/mol. The lowest BCUT2D eigenvalue weighted by molar-refractivity contribution is 0.0784. The second-order valence-corrected chi connectivity index (χ2v) is 8.26. The van der Waals surface area contributed by atoms with Crippen molar-refractivity contribution in [2.75, 3.05) is 7.05 Å². The van der Waals surface area contributed by atoms with Gasteiger partial charge in [-0.3, -0.25) is 9.59 Å². The van der Waals surface area contributed by atoms with Crippen LogP contribution in [0.25, 0.3) is 0 Å². The van der Waals surface area contributed by atoms with Gasteiger partial charge in [-0.15, -0.1) is 11.3 Å². The molecule has 1 amide bonds. The summed E-state index contributed by atoms with van der Waals surface area (Å²) in [5.74, 6) is -0.267. The zero-order valence-electron chi connectivity index (χ0n) is 13.7. The highest BCUT2D eigenvalue weighted by Crippen LogP contribution is 2.23. The van der Waals surface area contributed by atoms with Crippen molar-refractivity contribution in [1.29, 1.82) is 0 Å². The lowest BCUT2D eigenvalue weighted by Gasteiger charge is -2.16. The molecule has 3 aromatic rings. The van der Waals surface area contributed by atoms with Crippen molar-refractivity contribution in [2.24, 2.45) is 0 Å². The summed E-state index contributed by atoms with van der Waals surface area (Å²) in [6.07, 6.45) is 1.71. The molecule has 0 fully saturated rings. The predicted molar refractivity (Wildman–Crippen MR) is 104 cm³/mol. The number of amides is 1. The first-order chi connectivity index (χ1) is 12.0. The number of nitrogens with zero attached hydrogens (tertiary/aromatic N) is 2. The Balaban J connectivity index is 1.80. The van der Waals surface area contributed by atoms with Crippen LogP contribution in [0.5, 0.6) is 0 Å². The molecule has 0 atom stereocenters. The number of hydrogen-bond donors (Lipinski definition) is 0. The second-order valence-electron chi connectivity index (χ2n) is 5.71. The van der Waals surface area contributed by atoms with Gasteiger partial charge in [-0.2, -0.15) is 0 Å². The van der Waals surface area contributed by atoms with Crippen molar-refractivity contribution in [3.05, 3.63) is 90.9 Å². The maximum atomic E-state index is 12.7. The Labute approximate surface area is 158 Å². The fourth-order valence-corrected chi connectivity index (χ4v) is 4.09. The van der Waals surface area contributed by atoms with E-state index in [2.05, 4.69) is 15.9 Å². The fraction of sp³-hybridized carbons (Fsp3) is 0.158. The largest absolute Gasteiger partial charge is 0.336 e. The Morgan fingerprint density at radius 1 is 1.12 bits per heavy atom. The summed E-state index contributed by atoms with van der Waals surface area (Å²) in [5, 5.41) is 0. The molecule has 0 radical (unpaired) electrons. The molecular weight excluding hydrogens is 400 g/mol. The van der Waals surface area contributed by atoms with Gasteiger partial charge >= 0.3 is 0 Å². The van der Waals surface area contributed by atoms with Gasteiger partial charge in [0.15, 0.2) is 0 Å². The van der Waals surface area contributed by atoms with Crippen LogP contribution in [0.4, 0.5) is 0 Å². The van der Waals surface area contributed by atoms with Crippen LogP contribution in [0.2, 0.25) is 0 Å². The van der Waals surface area contributed by atoms with Gasteiger partial charge in [0.1, 0.15) is 5.56 Å². The average molecular weight is 417 g/mol. The Hall–Kier alpha value is -2.18. The van der Waals surface area contributed by atoms with Crippen LogP contribution in [0.15, 0.2) is 69.4 Å². The van der Waals surface area contributed by atoms with Gasteiger partial charge in [0.05, 0.1) is 16.9 Å². The SMILES string of the molecule is CN(Cc1ccc(Br)s1)C(=O)c1cccn(Cc2ccccc2)c1=O. The quantitative estimate of drug-likeness (QED) is 0.630. The van der Waals surface area contributed by atoms with Crippen molar-refractivity contribution in [3.8, 4) is 0 Å². The zero-order chi connectivity index (χ0) is 17.8. The molecule has 0 spiro atoms. The third kappa shape index (κ3) is 4.27. The standard InChI is InChI=1S/C19H17BrN2O2S/c1-21(13-15-9-10-17(20)25-15)18(23)16-8-5-11-22(19(16)24)12-14-6-3-2-4-7-14/h2-11H,12-13H2,1H3. The number of carbonyl (C=O) groups excluding carboxylic acids is 1. The molecule has 0 aliphatic rings. The molecule has 0 aliphatic heterocycles. The molecule has 0 unspecified atom stereocenters. The van der Waals surface area contributed by atoms with Crippen molar-refractivity contribution >= 4 is 33.2 Å². The van der Waals surface area contributed by atoms with Crippen LogP contribution < -0.4 is 5.56 Å². The van der Waals surface area contributed by atoms with Crippen LogP contribution in [-0.2, 0) is 13.1 Å². The van der Waals surface area contributed by atoms with Crippen molar-refractivity contribution < 1.29 is 4.79 Å². The van der Waals surface area contributed by atoms with Crippen LogP contribution >= 0.6 is 27.3 Å². The molecule has 0 bridgehead atoms. The topological polar surface area (TPSA) is 42.3 Å². The van der Waals surface area contributed by atoms with Gasteiger partial charge in [0, 0.05) is 18.1 Å². The molecule has 2 heterocycles. The van der Waals surface area contributed by atoms with Crippen molar-refractivity contribution in [2.45, 2.75) is 13.1 Å². The van der Waals surface area contributed by atoms with E-state index in [4.69, 9.17) is 0 Å². The van der Waals surface area contributed by atoms with Crippen LogP contribution in [0.3, 0.4) is 0 Å². The summed E-state index contributed by atoms with van der Waals surface area (Å²) < 4.78 is 2.59. The smallest absolute Gasteiger partial charge is 0.263 e. The van der Waals surface area contributed by atoms with Crippen LogP contribution in [-0.4, -0.2) is 22.4 Å². The Bertz CT molecular complexity index is 934. The van der Waals surface area contributed by atoms with E-state index in [1.165, 1.54) is 0 Å². The number of hydrogen-bond acceptors (Lipinski definition) is 3. The molecule has 0 saturated heterocycles. The van der Waals surface area contributed by atoms with E-state index in [1.807, 2.05) is 42.5 Å². The Morgan fingerprint density at radius 3 is 2.56 bits per heavy atom. The lowest BCUT2D eigenvalue weighted by atomic mass is 10.2. The summed E-state index contributed by atoms with van der Waals surface area (Å²) in [4.78, 5) is 28.0. The minimum absolute atomic E-state index is 0.191. The lowest BCUT2D eigenvalue weighted by Crippen LogP contribution is -2.33. The van der Waals surface area contributed by atoms with E-state index < -0.39 is 0 Å². The van der Waals surface area contributed by atoms with Crippen molar-refractivity contribution in [1.82, 2.24) is 9.47 Å². The highest BCUT2D eigenvalue weighted by molar-refractivity contribution is 9.11. The molecule has 0 aliphatic carbocycles. The van der Waals surface area contributed by atoms with Gasteiger partial charge in [-0.25, -0.2) is 0 Å². The summed E-state index contributed by atoms with van der Waals surface area (Å²) in [5.41, 5.74) is 0.943. The maximum absolute atomic E-state index is 12.7. The predicted octanol–water partition coefficient (Wildman–Crippen LogP) is 3.99. The zero-order valence-corrected chi connectivity index (χ0v) is 16.1. The van der Waals surface area contributed by atoms with Gasteiger partial charge in [0.25, 0.3) is 11.5 Å². The summed E-state index contributed by atoms with van der Waals surface area (Å²) in [7, 11) is 1.71. The van der Waals surface area contributed by atoms with Gasteiger partial charge in [-0.05, 0) is 45.8 Å². The van der Waals surface area contributed by atoms with E-state index in [-0.39, 0.29) is 17.0 Å². The van der Waals surface area contributed by atoms with E-state index >= 15 is 0 Å². The molecular formula is C19H17BrN2O2S. The fourth-order valence-electron chi connectivity index (χ4n) is 2.55. The molecule has 4 nitrogen and oxygen atoms in total. The summed E-state index contributed by atoms with van der Waals surface area (Å²) in [6, 6.07) is 17.0. The number of rotatable bonds is 5.